The predicted octanol–water partition coefficient (Wildman–Crippen LogP) is 3.27. The van der Waals surface area contributed by atoms with Crippen molar-refractivity contribution in [3.05, 3.63) is 17.7 Å². The molecule has 1 aromatic rings. The fourth-order valence-corrected chi connectivity index (χ4v) is 4.79. The van der Waals surface area contributed by atoms with Gasteiger partial charge >= 0.3 is 0 Å². The lowest BCUT2D eigenvalue weighted by atomic mass is 9.98. The molecule has 0 aromatic heterocycles. The number of methoxy groups -OCH3 is 2. The van der Waals surface area contributed by atoms with Crippen LogP contribution in [0.25, 0.3) is 0 Å². The summed E-state index contributed by atoms with van der Waals surface area (Å²) in [6, 6.07) is 2.88. The summed E-state index contributed by atoms with van der Waals surface area (Å²) in [6.45, 7) is 11.5. The summed E-state index contributed by atoms with van der Waals surface area (Å²) in [6.07, 6.45) is 1.39. The van der Waals surface area contributed by atoms with Gasteiger partial charge < -0.3 is 29.6 Å². The Morgan fingerprint density at radius 1 is 1.24 bits per heavy atom. The third-order valence-electron chi connectivity index (χ3n) is 6.19. The Labute approximate surface area is 175 Å². The Morgan fingerprint density at radius 2 is 1.83 bits per heavy atom. The van der Waals surface area contributed by atoms with Crippen LogP contribution in [0.1, 0.15) is 44.0 Å². The van der Waals surface area contributed by atoms with Crippen molar-refractivity contribution in [3.63, 3.8) is 0 Å². The Morgan fingerprint density at radius 3 is 2.34 bits per heavy atom. The number of ether oxygens (including phenoxy) is 2. The molecule has 1 saturated heterocycles. The standard InChI is InChI=1S/C21H36N2O5Si/c1-21(2,3)29(6,7)28-15-8-9-23(14(10-15)13-24)20(25)16-11-18(26-4)19(27-5)12-17(16)22/h11-12,14-15,24H,8-10,13,22H2,1-7H3/t14-,15?/m0/s1. The zero-order valence-electron chi connectivity index (χ0n) is 18.7. The highest BCUT2D eigenvalue weighted by Crippen LogP contribution is 2.39. The summed E-state index contributed by atoms with van der Waals surface area (Å²) in [5, 5.41) is 10.1. The Bertz CT molecular complexity index is 733. The van der Waals surface area contributed by atoms with E-state index in [1.807, 2.05) is 0 Å². The number of amides is 1. The van der Waals surface area contributed by atoms with Crippen molar-refractivity contribution in [1.82, 2.24) is 4.90 Å². The van der Waals surface area contributed by atoms with E-state index in [0.717, 1.165) is 6.42 Å². The van der Waals surface area contributed by atoms with Gasteiger partial charge in [0.2, 0.25) is 0 Å². The first-order valence-corrected chi connectivity index (χ1v) is 13.0. The number of aliphatic hydroxyl groups is 1. The average Bonchev–Trinajstić information content (AvgIpc) is 2.65. The van der Waals surface area contributed by atoms with Crippen LogP contribution >= 0.6 is 0 Å². The molecule has 1 amide bonds. The molecule has 0 bridgehead atoms. The Kier molecular flexibility index (Phi) is 7.24. The first kappa shape index (κ1) is 23.5. The van der Waals surface area contributed by atoms with Crippen molar-refractivity contribution in [3.8, 4) is 11.5 Å². The van der Waals surface area contributed by atoms with Crippen LogP contribution in [0.5, 0.6) is 11.5 Å². The molecule has 0 spiro atoms. The second kappa shape index (κ2) is 8.93. The minimum atomic E-state index is -1.92. The number of nitrogens with two attached hydrogens (primary N) is 1. The molecule has 1 aromatic carbocycles. The van der Waals surface area contributed by atoms with E-state index in [1.54, 1.807) is 17.0 Å². The quantitative estimate of drug-likeness (QED) is 0.538. The highest BCUT2D eigenvalue weighted by atomic mass is 28.4. The van der Waals surface area contributed by atoms with Crippen LogP contribution in [-0.4, -0.2) is 63.7 Å². The number of hydrogen-bond donors (Lipinski definition) is 2. The average molecular weight is 425 g/mol. The predicted molar refractivity (Wildman–Crippen MR) is 117 cm³/mol. The van der Waals surface area contributed by atoms with Crippen molar-refractivity contribution in [1.29, 1.82) is 0 Å². The largest absolute Gasteiger partial charge is 0.493 e. The van der Waals surface area contributed by atoms with E-state index < -0.39 is 8.32 Å². The number of piperidine rings is 1. The van der Waals surface area contributed by atoms with Gasteiger partial charge in [0, 0.05) is 24.4 Å². The van der Waals surface area contributed by atoms with Crippen LogP contribution in [0.15, 0.2) is 12.1 Å². The topological polar surface area (TPSA) is 94.3 Å². The highest BCUT2D eigenvalue weighted by molar-refractivity contribution is 6.74. The molecule has 0 aliphatic carbocycles. The zero-order valence-corrected chi connectivity index (χ0v) is 19.7. The fraction of sp³-hybridized carbons (Fsp3) is 0.667. The molecule has 1 heterocycles. The second-order valence-electron chi connectivity index (χ2n) is 9.15. The molecule has 0 radical (unpaired) electrons. The maximum atomic E-state index is 13.2. The highest BCUT2D eigenvalue weighted by Gasteiger charge is 2.41. The molecule has 7 nitrogen and oxygen atoms in total. The van der Waals surface area contributed by atoms with Crippen LogP contribution in [0, 0.1) is 0 Å². The van der Waals surface area contributed by atoms with E-state index in [1.165, 1.54) is 14.2 Å². The summed E-state index contributed by atoms with van der Waals surface area (Å²) in [5.41, 5.74) is 6.78. The molecule has 3 N–H and O–H groups in total. The van der Waals surface area contributed by atoms with Crippen LogP contribution < -0.4 is 15.2 Å². The van der Waals surface area contributed by atoms with Crippen LogP contribution in [0.3, 0.4) is 0 Å². The maximum Gasteiger partial charge on any atom is 0.256 e. The molecule has 0 saturated carbocycles. The molecular weight excluding hydrogens is 388 g/mol. The van der Waals surface area contributed by atoms with E-state index in [0.29, 0.717) is 35.7 Å². The summed E-state index contributed by atoms with van der Waals surface area (Å²) in [5.74, 6) is 0.705. The molecule has 1 fully saturated rings. The normalized spacial score (nSPS) is 20.5. The third-order valence-corrected chi connectivity index (χ3v) is 10.7. The minimum Gasteiger partial charge on any atom is -0.493 e. The molecule has 164 valence electrons. The van der Waals surface area contributed by atoms with Gasteiger partial charge in [-0.1, -0.05) is 20.8 Å². The first-order chi connectivity index (χ1) is 13.4. The number of rotatable bonds is 6. The van der Waals surface area contributed by atoms with Gasteiger partial charge in [-0.05, 0) is 37.0 Å². The third kappa shape index (κ3) is 5.05. The number of anilines is 1. The molecule has 2 rings (SSSR count). The summed E-state index contributed by atoms with van der Waals surface area (Å²) in [7, 11) is 1.12. The van der Waals surface area contributed by atoms with Gasteiger partial charge in [0.05, 0.1) is 32.4 Å². The number of nitrogens with zero attached hydrogens (tertiary/aromatic N) is 1. The lowest BCUT2D eigenvalue weighted by Crippen LogP contribution is -2.53. The summed E-state index contributed by atoms with van der Waals surface area (Å²) in [4.78, 5) is 14.9. The van der Waals surface area contributed by atoms with Crippen molar-refractivity contribution in [2.75, 3.05) is 33.1 Å². The SMILES string of the molecule is COc1cc(N)c(C(=O)N2CCC(O[Si](C)(C)C(C)(C)C)C[C@H]2CO)cc1OC. The van der Waals surface area contributed by atoms with E-state index in [9.17, 15) is 9.90 Å². The molecule has 1 aliphatic heterocycles. The lowest BCUT2D eigenvalue weighted by molar-refractivity contribution is 0.0202. The first-order valence-electron chi connectivity index (χ1n) is 10.1. The molecule has 1 unspecified atom stereocenters. The van der Waals surface area contributed by atoms with Crippen molar-refractivity contribution < 1.29 is 23.8 Å². The van der Waals surface area contributed by atoms with Crippen molar-refractivity contribution in [2.24, 2.45) is 0 Å². The monoisotopic (exact) mass is 424 g/mol. The second-order valence-corrected chi connectivity index (χ2v) is 13.9. The number of aliphatic hydroxyl groups excluding tert-OH is 1. The van der Waals surface area contributed by atoms with Crippen molar-refractivity contribution in [2.45, 2.75) is 63.9 Å². The number of benzene rings is 1. The molecule has 29 heavy (non-hydrogen) atoms. The van der Waals surface area contributed by atoms with Crippen LogP contribution in [-0.2, 0) is 4.43 Å². The zero-order chi connectivity index (χ0) is 22.0. The van der Waals surface area contributed by atoms with Gasteiger partial charge in [0.1, 0.15) is 0 Å². The minimum absolute atomic E-state index is 0.0415. The van der Waals surface area contributed by atoms with Gasteiger partial charge in [-0.15, -0.1) is 0 Å². The Hall–Kier alpha value is -1.77. The van der Waals surface area contributed by atoms with Gasteiger partial charge in [-0.2, -0.15) is 0 Å². The van der Waals surface area contributed by atoms with Gasteiger partial charge in [0.15, 0.2) is 19.8 Å². The van der Waals surface area contributed by atoms with Crippen molar-refractivity contribution >= 4 is 19.9 Å². The van der Waals surface area contributed by atoms with Gasteiger partial charge in [-0.3, -0.25) is 4.79 Å². The number of likely N-dealkylation sites (tertiary alicyclic amines) is 1. The molecular formula is C21H36N2O5Si. The molecule has 1 aliphatic rings. The maximum absolute atomic E-state index is 13.2. The summed E-state index contributed by atoms with van der Waals surface area (Å²) >= 11 is 0. The number of carbonyl (C=O) groups is 1. The molecule has 8 heteroatoms. The van der Waals surface area contributed by atoms with Crippen LogP contribution in [0.2, 0.25) is 18.1 Å². The van der Waals surface area contributed by atoms with E-state index in [4.69, 9.17) is 19.6 Å². The number of hydrogen-bond acceptors (Lipinski definition) is 6. The van der Waals surface area contributed by atoms with Crippen LogP contribution in [0.4, 0.5) is 5.69 Å². The van der Waals surface area contributed by atoms with E-state index in [-0.39, 0.29) is 29.7 Å². The van der Waals surface area contributed by atoms with Gasteiger partial charge in [-0.25, -0.2) is 0 Å². The van der Waals surface area contributed by atoms with E-state index in [2.05, 4.69) is 33.9 Å². The van der Waals surface area contributed by atoms with Gasteiger partial charge in [0.25, 0.3) is 5.91 Å². The molecule has 2 atom stereocenters. The fourth-order valence-electron chi connectivity index (χ4n) is 3.39. The summed E-state index contributed by atoms with van der Waals surface area (Å²) < 4.78 is 17.1. The van der Waals surface area contributed by atoms with E-state index >= 15 is 0 Å². The number of carbonyl (C=O) groups excluding carboxylic acids is 1. The lowest BCUT2D eigenvalue weighted by Gasteiger charge is -2.44. The Balaban J connectivity index is 2.20. The number of nitrogen functional groups attached to an aromatic ring is 1. The smallest absolute Gasteiger partial charge is 0.256 e.